The van der Waals surface area contributed by atoms with Crippen LogP contribution in [0.5, 0.6) is 0 Å². The minimum absolute atomic E-state index is 0.0428. The van der Waals surface area contributed by atoms with Gasteiger partial charge in [0.05, 0.1) is 4.90 Å². The molecule has 2 rings (SSSR count). The van der Waals surface area contributed by atoms with Crippen LogP contribution in [0.2, 0.25) is 0 Å². The first-order valence-electron chi connectivity index (χ1n) is 9.76. The Morgan fingerprint density at radius 2 is 1.52 bits per heavy atom. The fourth-order valence-electron chi connectivity index (χ4n) is 2.77. The van der Waals surface area contributed by atoms with Crippen LogP contribution in [0.3, 0.4) is 0 Å². The number of carbonyl (C=O) groups is 1. The van der Waals surface area contributed by atoms with Gasteiger partial charge in [-0.1, -0.05) is 63.2 Å². The minimum atomic E-state index is -3.93. The molecule has 1 N–H and O–H groups in total. The maximum absolute atomic E-state index is 13.0. The van der Waals surface area contributed by atoms with Crippen molar-refractivity contribution in [3.63, 3.8) is 0 Å². The highest BCUT2D eigenvalue weighted by Gasteiger charge is 2.31. The molecular weight excluding hydrogens is 386 g/mol. The Labute approximate surface area is 174 Å². The van der Waals surface area contributed by atoms with Gasteiger partial charge in [0.1, 0.15) is 11.6 Å². The van der Waals surface area contributed by atoms with E-state index in [0.29, 0.717) is 5.56 Å². The lowest BCUT2D eigenvalue weighted by Crippen LogP contribution is -2.38. The smallest absolute Gasteiger partial charge is 0.329 e. The standard InChI is InChI=1S/C23H31NO4S/c1-7-23(5,6)18-13-15-19(16-14-18)29(26,27)24-20(17-11-9-8-10-12-17)21(25)28-22(2,3)4/h8-16,20,24H,7H2,1-6H3. The Bertz CT molecular complexity index is 927. The Balaban J connectivity index is 2.35. The van der Waals surface area contributed by atoms with Crippen molar-refractivity contribution in [1.29, 1.82) is 0 Å². The van der Waals surface area contributed by atoms with Crippen molar-refractivity contribution in [2.24, 2.45) is 0 Å². The third-order valence-electron chi connectivity index (χ3n) is 4.88. The molecule has 0 bridgehead atoms. The van der Waals surface area contributed by atoms with Crippen molar-refractivity contribution in [1.82, 2.24) is 4.72 Å². The number of ether oxygens (including phenoxy) is 1. The van der Waals surface area contributed by atoms with Gasteiger partial charge in [0.15, 0.2) is 0 Å². The predicted octanol–water partition coefficient (Wildman–Crippen LogP) is 4.74. The molecule has 1 unspecified atom stereocenters. The van der Waals surface area contributed by atoms with Crippen molar-refractivity contribution < 1.29 is 17.9 Å². The summed E-state index contributed by atoms with van der Waals surface area (Å²) in [6.07, 6.45) is 0.937. The summed E-state index contributed by atoms with van der Waals surface area (Å²) in [4.78, 5) is 12.9. The van der Waals surface area contributed by atoms with E-state index >= 15 is 0 Å². The number of hydrogen-bond acceptors (Lipinski definition) is 4. The molecule has 2 aromatic carbocycles. The lowest BCUT2D eigenvalue weighted by atomic mass is 9.82. The van der Waals surface area contributed by atoms with Crippen LogP contribution in [0.1, 0.15) is 65.1 Å². The molecule has 0 aliphatic heterocycles. The zero-order chi connectivity index (χ0) is 21.9. The molecule has 6 heteroatoms. The average molecular weight is 418 g/mol. The molecule has 0 spiro atoms. The minimum Gasteiger partial charge on any atom is -0.459 e. The Kier molecular flexibility index (Phi) is 6.91. The Morgan fingerprint density at radius 1 is 0.966 bits per heavy atom. The monoisotopic (exact) mass is 417 g/mol. The molecule has 0 fully saturated rings. The number of esters is 1. The van der Waals surface area contributed by atoms with Gasteiger partial charge in [0.2, 0.25) is 10.0 Å². The Hall–Kier alpha value is -2.18. The summed E-state index contributed by atoms with van der Waals surface area (Å²) in [6, 6.07) is 14.4. The van der Waals surface area contributed by atoms with Gasteiger partial charge in [-0.2, -0.15) is 4.72 Å². The second-order valence-electron chi connectivity index (χ2n) is 8.76. The van der Waals surface area contributed by atoms with E-state index in [0.717, 1.165) is 12.0 Å². The summed E-state index contributed by atoms with van der Waals surface area (Å²) >= 11 is 0. The van der Waals surface area contributed by atoms with Crippen LogP contribution >= 0.6 is 0 Å². The van der Waals surface area contributed by atoms with E-state index in [4.69, 9.17) is 4.74 Å². The molecule has 5 nitrogen and oxygen atoms in total. The Morgan fingerprint density at radius 3 is 2.00 bits per heavy atom. The SMILES string of the molecule is CCC(C)(C)c1ccc(S(=O)(=O)NC(C(=O)OC(C)(C)C)c2ccccc2)cc1. The highest BCUT2D eigenvalue weighted by molar-refractivity contribution is 7.89. The van der Waals surface area contributed by atoms with Gasteiger partial charge in [0.25, 0.3) is 0 Å². The zero-order valence-electron chi connectivity index (χ0n) is 18.0. The van der Waals surface area contributed by atoms with Crippen LogP contribution in [0.15, 0.2) is 59.5 Å². The van der Waals surface area contributed by atoms with E-state index in [1.54, 1.807) is 63.2 Å². The predicted molar refractivity (Wildman–Crippen MR) is 115 cm³/mol. The number of sulfonamides is 1. The second-order valence-corrected chi connectivity index (χ2v) is 10.5. The van der Waals surface area contributed by atoms with Crippen molar-refractivity contribution in [2.45, 2.75) is 69.9 Å². The summed E-state index contributed by atoms with van der Waals surface area (Å²) in [6.45, 7) is 11.6. The summed E-state index contributed by atoms with van der Waals surface area (Å²) in [5, 5.41) is 0. The molecule has 0 heterocycles. The molecule has 2 aromatic rings. The van der Waals surface area contributed by atoms with Crippen molar-refractivity contribution in [3.05, 3.63) is 65.7 Å². The van der Waals surface area contributed by atoms with Crippen LogP contribution < -0.4 is 4.72 Å². The average Bonchev–Trinajstić information content (AvgIpc) is 2.65. The van der Waals surface area contributed by atoms with Crippen molar-refractivity contribution in [2.75, 3.05) is 0 Å². The first-order chi connectivity index (χ1) is 13.4. The van der Waals surface area contributed by atoms with Gasteiger partial charge < -0.3 is 4.74 Å². The van der Waals surface area contributed by atoms with Gasteiger partial charge in [-0.3, -0.25) is 0 Å². The van der Waals surface area contributed by atoms with E-state index < -0.39 is 27.6 Å². The fourth-order valence-corrected chi connectivity index (χ4v) is 3.94. The molecule has 0 aromatic heterocycles. The van der Waals surface area contributed by atoms with Gasteiger partial charge in [-0.05, 0) is 55.9 Å². The first-order valence-corrected chi connectivity index (χ1v) is 11.2. The lowest BCUT2D eigenvalue weighted by molar-refractivity contribution is -0.157. The summed E-state index contributed by atoms with van der Waals surface area (Å²) in [5.41, 5.74) is 0.807. The van der Waals surface area contributed by atoms with Crippen LogP contribution in [0.4, 0.5) is 0 Å². The quantitative estimate of drug-likeness (QED) is 0.661. The maximum Gasteiger partial charge on any atom is 0.329 e. The fraction of sp³-hybridized carbons (Fsp3) is 0.435. The van der Waals surface area contributed by atoms with E-state index in [9.17, 15) is 13.2 Å². The highest BCUT2D eigenvalue weighted by Crippen LogP contribution is 2.28. The number of nitrogens with one attached hydrogen (secondary N) is 1. The second kappa shape index (κ2) is 8.67. The van der Waals surface area contributed by atoms with Gasteiger partial charge in [-0.25, -0.2) is 13.2 Å². The van der Waals surface area contributed by atoms with Crippen LogP contribution in [-0.2, 0) is 25.0 Å². The lowest BCUT2D eigenvalue weighted by Gasteiger charge is -2.25. The zero-order valence-corrected chi connectivity index (χ0v) is 18.8. The van der Waals surface area contributed by atoms with Gasteiger partial charge >= 0.3 is 5.97 Å². The number of benzene rings is 2. The molecular formula is C23H31NO4S. The van der Waals surface area contributed by atoms with Crippen LogP contribution in [0, 0.1) is 0 Å². The van der Waals surface area contributed by atoms with E-state index in [1.807, 2.05) is 12.1 Å². The molecule has 0 aliphatic carbocycles. The van der Waals surface area contributed by atoms with E-state index in [-0.39, 0.29) is 10.3 Å². The van der Waals surface area contributed by atoms with Crippen molar-refractivity contribution in [3.8, 4) is 0 Å². The largest absolute Gasteiger partial charge is 0.459 e. The molecule has 0 amide bonds. The number of hydrogen-bond donors (Lipinski definition) is 1. The summed E-state index contributed by atoms with van der Waals surface area (Å²) in [7, 11) is -3.93. The number of rotatable bonds is 7. The molecule has 0 aliphatic rings. The molecule has 1 atom stereocenters. The van der Waals surface area contributed by atoms with Gasteiger partial charge in [0, 0.05) is 0 Å². The van der Waals surface area contributed by atoms with Crippen LogP contribution in [0.25, 0.3) is 0 Å². The summed E-state index contributed by atoms with van der Waals surface area (Å²) in [5.74, 6) is -0.643. The first kappa shape index (κ1) is 23.1. The summed E-state index contributed by atoms with van der Waals surface area (Å²) < 4.78 is 34.0. The molecule has 0 radical (unpaired) electrons. The molecule has 158 valence electrons. The molecule has 29 heavy (non-hydrogen) atoms. The topological polar surface area (TPSA) is 72.5 Å². The van der Waals surface area contributed by atoms with E-state index in [1.165, 1.54) is 0 Å². The normalized spacial score (nSPS) is 13.7. The third kappa shape index (κ3) is 6.15. The van der Waals surface area contributed by atoms with Gasteiger partial charge in [-0.15, -0.1) is 0 Å². The highest BCUT2D eigenvalue weighted by atomic mass is 32.2. The third-order valence-corrected chi connectivity index (χ3v) is 6.32. The molecule has 0 saturated heterocycles. The molecule has 0 saturated carbocycles. The maximum atomic E-state index is 13.0. The number of carbonyl (C=O) groups excluding carboxylic acids is 1. The van der Waals surface area contributed by atoms with Crippen molar-refractivity contribution >= 4 is 16.0 Å². The van der Waals surface area contributed by atoms with E-state index in [2.05, 4.69) is 25.5 Å². The van der Waals surface area contributed by atoms with Crippen LogP contribution in [-0.4, -0.2) is 20.0 Å².